The topological polar surface area (TPSA) is 46.3 Å². The van der Waals surface area contributed by atoms with Crippen molar-refractivity contribution in [2.45, 2.75) is 38.6 Å². The molecule has 1 aliphatic heterocycles. The van der Waals surface area contributed by atoms with Crippen LogP contribution in [0.1, 0.15) is 29.9 Å². The Labute approximate surface area is 159 Å². The summed E-state index contributed by atoms with van der Waals surface area (Å²) >= 11 is 0. The Morgan fingerprint density at radius 2 is 1.81 bits per heavy atom. The lowest BCUT2D eigenvalue weighted by atomic mass is 10.0. The number of likely N-dealkylation sites (tertiary alicyclic amines) is 1. The molecule has 138 valence electrons. The van der Waals surface area contributed by atoms with Crippen molar-refractivity contribution in [1.29, 1.82) is 0 Å². The lowest BCUT2D eigenvalue weighted by molar-refractivity contribution is -0.131. The summed E-state index contributed by atoms with van der Waals surface area (Å²) in [4.78, 5) is 19.6. The molecule has 0 spiro atoms. The summed E-state index contributed by atoms with van der Waals surface area (Å²) in [6.07, 6.45) is 3.34. The Bertz CT molecular complexity index is 903. The molecular formula is C23H24N2O2. The fourth-order valence-corrected chi connectivity index (χ4v) is 3.80. The number of hydrogen-bond donors (Lipinski definition) is 0. The normalized spacial score (nSPS) is 16.6. The van der Waals surface area contributed by atoms with Crippen molar-refractivity contribution in [2.75, 3.05) is 6.54 Å². The summed E-state index contributed by atoms with van der Waals surface area (Å²) < 4.78 is 5.80. The van der Waals surface area contributed by atoms with Crippen LogP contribution in [-0.2, 0) is 17.6 Å². The summed E-state index contributed by atoms with van der Waals surface area (Å²) in [7, 11) is 0. The van der Waals surface area contributed by atoms with E-state index in [4.69, 9.17) is 4.42 Å². The monoisotopic (exact) mass is 360 g/mol. The van der Waals surface area contributed by atoms with Gasteiger partial charge < -0.3 is 9.32 Å². The number of aryl methyl sites for hydroxylation is 1. The molecule has 1 aromatic heterocycles. The minimum absolute atomic E-state index is 0.143. The predicted molar refractivity (Wildman–Crippen MR) is 105 cm³/mol. The number of aromatic nitrogens is 1. The lowest BCUT2D eigenvalue weighted by Gasteiger charge is -2.24. The minimum Gasteiger partial charge on any atom is -0.441 e. The average Bonchev–Trinajstić information content (AvgIpc) is 3.30. The first-order valence-corrected chi connectivity index (χ1v) is 9.56. The van der Waals surface area contributed by atoms with Crippen molar-refractivity contribution >= 4 is 5.91 Å². The fourth-order valence-electron chi connectivity index (χ4n) is 3.80. The van der Waals surface area contributed by atoms with Crippen LogP contribution >= 0.6 is 0 Å². The first-order valence-electron chi connectivity index (χ1n) is 9.56. The minimum atomic E-state index is 0.143. The summed E-state index contributed by atoms with van der Waals surface area (Å²) in [5.41, 5.74) is 2.96. The van der Waals surface area contributed by atoms with E-state index in [2.05, 4.69) is 29.2 Å². The van der Waals surface area contributed by atoms with Crippen molar-refractivity contribution in [3.63, 3.8) is 0 Å². The number of nitrogens with zero attached hydrogens (tertiary/aromatic N) is 2. The number of benzene rings is 2. The third kappa shape index (κ3) is 3.95. The molecule has 4 nitrogen and oxygen atoms in total. The SMILES string of the molecule is Cc1oc(-c2ccccc2)nc1CC(=O)N1CCCC1Cc1ccccc1. The molecule has 1 atom stereocenters. The maximum absolute atomic E-state index is 13.0. The van der Waals surface area contributed by atoms with Gasteiger partial charge in [-0.15, -0.1) is 0 Å². The smallest absolute Gasteiger partial charge is 0.228 e. The lowest BCUT2D eigenvalue weighted by Crippen LogP contribution is -2.37. The molecule has 0 bridgehead atoms. The van der Waals surface area contributed by atoms with Crippen molar-refractivity contribution in [3.8, 4) is 11.5 Å². The van der Waals surface area contributed by atoms with Gasteiger partial charge in [0.15, 0.2) is 0 Å². The van der Waals surface area contributed by atoms with E-state index in [0.717, 1.165) is 42.8 Å². The molecule has 0 N–H and O–H groups in total. The third-order valence-corrected chi connectivity index (χ3v) is 5.24. The number of hydrogen-bond acceptors (Lipinski definition) is 3. The van der Waals surface area contributed by atoms with Crippen molar-refractivity contribution in [3.05, 3.63) is 77.7 Å². The zero-order chi connectivity index (χ0) is 18.6. The van der Waals surface area contributed by atoms with Crippen LogP contribution < -0.4 is 0 Å². The van der Waals surface area contributed by atoms with Crippen LogP contribution in [0.3, 0.4) is 0 Å². The molecule has 1 amide bonds. The van der Waals surface area contributed by atoms with Gasteiger partial charge in [0.05, 0.1) is 12.1 Å². The van der Waals surface area contributed by atoms with Gasteiger partial charge in [0.25, 0.3) is 0 Å². The zero-order valence-electron chi connectivity index (χ0n) is 15.6. The third-order valence-electron chi connectivity index (χ3n) is 5.24. The molecule has 4 heteroatoms. The van der Waals surface area contributed by atoms with Gasteiger partial charge >= 0.3 is 0 Å². The number of rotatable bonds is 5. The van der Waals surface area contributed by atoms with E-state index < -0.39 is 0 Å². The number of amides is 1. The fraction of sp³-hybridized carbons (Fsp3) is 0.304. The van der Waals surface area contributed by atoms with Crippen molar-refractivity contribution < 1.29 is 9.21 Å². The van der Waals surface area contributed by atoms with E-state index in [1.54, 1.807) is 0 Å². The molecule has 27 heavy (non-hydrogen) atoms. The summed E-state index contributed by atoms with van der Waals surface area (Å²) in [6.45, 7) is 2.71. The molecule has 2 heterocycles. The largest absolute Gasteiger partial charge is 0.441 e. The van der Waals surface area contributed by atoms with E-state index in [1.807, 2.05) is 48.2 Å². The quantitative estimate of drug-likeness (QED) is 0.676. The standard InChI is InChI=1S/C23H24N2O2/c1-17-21(24-23(27-17)19-11-6-3-7-12-19)16-22(26)25-14-8-13-20(25)15-18-9-4-2-5-10-18/h2-7,9-12,20H,8,13-16H2,1H3. The molecule has 1 fully saturated rings. The van der Waals surface area contributed by atoms with E-state index in [0.29, 0.717) is 12.3 Å². The number of carbonyl (C=O) groups is 1. The van der Waals surface area contributed by atoms with Gasteiger partial charge in [0.1, 0.15) is 5.76 Å². The molecule has 1 aliphatic rings. The highest BCUT2D eigenvalue weighted by molar-refractivity contribution is 5.79. The Balaban J connectivity index is 1.46. The highest BCUT2D eigenvalue weighted by Gasteiger charge is 2.29. The van der Waals surface area contributed by atoms with Crippen LogP contribution in [0.5, 0.6) is 0 Å². The Morgan fingerprint density at radius 3 is 2.56 bits per heavy atom. The van der Waals surface area contributed by atoms with Crippen LogP contribution in [0.25, 0.3) is 11.5 Å². The molecule has 4 rings (SSSR count). The van der Waals surface area contributed by atoms with Crippen molar-refractivity contribution in [1.82, 2.24) is 9.88 Å². The summed E-state index contributed by atoms with van der Waals surface area (Å²) in [5, 5.41) is 0. The van der Waals surface area contributed by atoms with Gasteiger partial charge in [0, 0.05) is 18.2 Å². The van der Waals surface area contributed by atoms with Crippen molar-refractivity contribution in [2.24, 2.45) is 0 Å². The predicted octanol–water partition coefficient (Wildman–Crippen LogP) is 4.43. The molecule has 1 unspecified atom stereocenters. The van der Waals surface area contributed by atoms with Crippen LogP contribution in [0.4, 0.5) is 0 Å². The molecule has 3 aromatic rings. The van der Waals surface area contributed by atoms with Crippen LogP contribution in [0.15, 0.2) is 65.1 Å². The molecule has 0 aliphatic carbocycles. The second kappa shape index (κ2) is 7.78. The van der Waals surface area contributed by atoms with E-state index in [-0.39, 0.29) is 11.9 Å². The maximum Gasteiger partial charge on any atom is 0.228 e. The first-order chi connectivity index (χ1) is 13.2. The van der Waals surface area contributed by atoms with E-state index >= 15 is 0 Å². The highest BCUT2D eigenvalue weighted by Crippen LogP contribution is 2.25. The van der Waals surface area contributed by atoms with Gasteiger partial charge in [0.2, 0.25) is 11.8 Å². The first kappa shape index (κ1) is 17.5. The van der Waals surface area contributed by atoms with Crippen LogP contribution in [0.2, 0.25) is 0 Å². The van der Waals surface area contributed by atoms with Gasteiger partial charge in [-0.2, -0.15) is 0 Å². The Hall–Kier alpha value is -2.88. The second-order valence-corrected chi connectivity index (χ2v) is 7.14. The molecule has 2 aromatic carbocycles. The second-order valence-electron chi connectivity index (χ2n) is 7.14. The molecule has 0 radical (unpaired) electrons. The molecule has 1 saturated heterocycles. The zero-order valence-corrected chi connectivity index (χ0v) is 15.6. The number of oxazole rings is 1. The Kier molecular flexibility index (Phi) is 5.05. The van der Waals surface area contributed by atoms with Crippen LogP contribution in [-0.4, -0.2) is 28.4 Å². The highest BCUT2D eigenvalue weighted by atomic mass is 16.4. The van der Waals surface area contributed by atoms with Gasteiger partial charge in [-0.05, 0) is 43.9 Å². The van der Waals surface area contributed by atoms with E-state index in [9.17, 15) is 4.79 Å². The molecule has 0 saturated carbocycles. The summed E-state index contributed by atoms with van der Waals surface area (Å²) in [5.74, 6) is 1.45. The average molecular weight is 360 g/mol. The maximum atomic E-state index is 13.0. The van der Waals surface area contributed by atoms with Gasteiger partial charge in [-0.3, -0.25) is 4.79 Å². The molecular weight excluding hydrogens is 336 g/mol. The number of carbonyl (C=O) groups excluding carboxylic acids is 1. The van der Waals surface area contributed by atoms with E-state index in [1.165, 1.54) is 5.56 Å². The summed E-state index contributed by atoms with van der Waals surface area (Å²) in [6, 6.07) is 20.5. The van der Waals surface area contributed by atoms with Gasteiger partial charge in [-0.25, -0.2) is 4.98 Å². The Morgan fingerprint density at radius 1 is 1.11 bits per heavy atom. The van der Waals surface area contributed by atoms with Gasteiger partial charge in [-0.1, -0.05) is 48.5 Å². The van der Waals surface area contributed by atoms with Crippen LogP contribution in [0, 0.1) is 6.92 Å².